The zero-order chi connectivity index (χ0) is 19.9. The summed E-state index contributed by atoms with van der Waals surface area (Å²) < 4.78 is 17.8. The molecule has 4 aliphatic rings. The van der Waals surface area contributed by atoms with Crippen LogP contribution in [0.25, 0.3) is 0 Å². The Bertz CT molecular complexity index is 726. The summed E-state index contributed by atoms with van der Waals surface area (Å²) in [6, 6.07) is 0. The minimum atomic E-state index is -0.617. The van der Waals surface area contributed by atoms with Crippen molar-refractivity contribution in [2.75, 3.05) is 6.54 Å². The second kappa shape index (κ2) is 7.84. The molecule has 3 aliphatic heterocycles. The molecule has 2 N–H and O–H groups in total. The lowest BCUT2D eigenvalue weighted by Gasteiger charge is -2.34. The molecule has 1 aliphatic carbocycles. The molecule has 2 saturated heterocycles. The maximum Gasteiger partial charge on any atom is 0.161 e. The summed E-state index contributed by atoms with van der Waals surface area (Å²) in [4.78, 5) is 4.60. The first-order valence-corrected chi connectivity index (χ1v) is 10.4. The van der Waals surface area contributed by atoms with E-state index in [9.17, 15) is 10.2 Å². The molecule has 0 bridgehead atoms. The number of epoxide rings is 1. The quantitative estimate of drug-likeness (QED) is 0.682. The van der Waals surface area contributed by atoms with Gasteiger partial charge in [-0.3, -0.25) is 4.99 Å². The molecule has 0 radical (unpaired) electrons. The average molecular weight is 389 g/mol. The molecular formula is C22H31NO5. The summed E-state index contributed by atoms with van der Waals surface area (Å²) in [5.41, 5.74) is 2.84. The maximum absolute atomic E-state index is 10.5. The number of aliphatic hydroxyl groups is 2. The Labute approximate surface area is 166 Å². The van der Waals surface area contributed by atoms with Crippen LogP contribution in [-0.2, 0) is 14.2 Å². The number of rotatable bonds is 6. The van der Waals surface area contributed by atoms with Gasteiger partial charge in [-0.2, -0.15) is 0 Å². The van der Waals surface area contributed by atoms with Crippen LogP contribution >= 0.6 is 0 Å². The highest BCUT2D eigenvalue weighted by Crippen LogP contribution is 2.52. The third-order valence-electron chi connectivity index (χ3n) is 6.15. The van der Waals surface area contributed by atoms with E-state index in [1.807, 2.05) is 26.8 Å². The fourth-order valence-corrected chi connectivity index (χ4v) is 4.36. The van der Waals surface area contributed by atoms with Crippen molar-refractivity contribution in [3.8, 4) is 0 Å². The Morgan fingerprint density at radius 3 is 2.96 bits per heavy atom. The number of nitrogens with zero attached hydrogens (tertiary/aromatic N) is 1. The van der Waals surface area contributed by atoms with Crippen LogP contribution in [0.4, 0.5) is 0 Å². The molecule has 7 atom stereocenters. The third-order valence-corrected chi connectivity index (χ3v) is 6.15. The van der Waals surface area contributed by atoms with Crippen molar-refractivity contribution >= 4 is 5.71 Å². The lowest BCUT2D eigenvalue weighted by molar-refractivity contribution is -0.238. The normalized spacial score (nSPS) is 40.7. The van der Waals surface area contributed by atoms with E-state index in [-0.39, 0.29) is 17.8 Å². The van der Waals surface area contributed by atoms with E-state index in [4.69, 9.17) is 14.2 Å². The fourth-order valence-electron chi connectivity index (χ4n) is 4.36. The van der Waals surface area contributed by atoms with Crippen molar-refractivity contribution in [1.29, 1.82) is 0 Å². The van der Waals surface area contributed by atoms with Gasteiger partial charge in [-0.1, -0.05) is 30.7 Å². The van der Waals surface area contributed by atoms with Crippen LogP contribution in [0.1, 0.15) is 46.5 Å². The first-order valence-electron chi connectivity index (χ1n) is 10.4. The first-order chi connectivity index (χ1) is 13.4. The summed E-state index contributed by atoms with van der Waals surface area (Å²) in [6.45, 7) is 6.63. The second-order valence-corrected chi connectivity index (χ2v) is 8.23. The molecule has 0 unspecified atom stereocenters. The van der Waals surface area contributed by atoms with Crippen LogP contribution in [0.3, 0.4) is 0 Å². The molecule has 0 amide bonds. The third kappa shape index (κ3) is 3.64. The molecule has 4 rings (SSSR count). The van der Waals surface area contributed by atoms with Gasteiger partial charge in [0.2, 0.25) is 0 Å². The van der Waals surface area contributed by atoms with Crippen molar-refractivity contribution in [3.05, 3.63) is 35.5 Å². The van der Waals surface area contributed by atoms with Gasteiger partial charge in [0.15, 0.2) is 11.9 Å². The molecule has 0 aromatic heterocycles. The number of aliphatic imine (C=N–C) groups is 1. The van der Waals surface area contributed by atoms with Gasteiger partial charge in [-0.25, -0.2) is 0 Å². The number of hydrogen-bond donors (Lipinski definition) is 2. The van der Waals surface area contributed by atoms with Gasteiger partial charge in [0, 0.05) is 13.0 Å². The molecule has 3 heterocycles. The van der Waals surface area contributed by atoms with E-state index in [1.165, 1.54) is 0 Å². The van der Waals surface area contributed by atoms with Gasteiger partial charge in [0.05, 0.1) is 24.0 Å². The molecule has 0 aromatic rings. The van der Waals surface area contributed by atoms with Crippen molar-refractivity contribution in [1.82, 2.24) is 0 Å². The van der Waals surface area contributed by atoms with Crippen LogP contribution in [0.2, 0.25) is 0 Å². The van der Waals surface area contributed by atoms with Crippen molar-refractivity contribution in [2.45, 2.75) is 88.9 Å². The van der Waals surface area contributed by atoms with Gasteiger partial charge in [-0.15, -0.1) is 0 Å². The molecule has 0 saturated carbocycles. The van der Waals surface area contributed by atoms with Gasteiger partial charge in [0.25, 0.3) is 0 Å². The Balaban J connectivity index is 1.48. The van der Waals surface area contributed by atoms with E-state index < -0.39 is 24.6 Å². The molecule has 28 heavy (non-hydrogen) atoms. The van der Waals surface area contributed by atoms with E-state index in [0.717, 1.165) is 29.8 Å². The topological polar surface area (TPSA) is 83.8 Å². The highest BCUT2D eigenvalue weighted by atomic mass is 16.7. The van der Waals surface area contributed by atoms with Gasteiger partial charge >= 0.3 is 0 Å². The van der Waals surface area contributed by atoms with Gasteiger partial charge < -0.3 is 24.4 Å². The second-order valence-electron chi connectivity index (χ2n) is 8.23. The predicted molar refractivity (Wildman–Crippen MR) is 106 cm³/mol. The highest BCUT2D eigenvalue weighted by Gasteiger charge is 2.64. The van der Waals surface area contributed by atoms with Gasteiger partial charge in [-0.05, 0) is 44.8 Å². The summed E-state index contributed by atoms with van der Waals surface area (Å²) in [5, 5.41) is 20.3. The van der Waals surface area contributed by atoms with E-state index >= 15 is 0 Å². The Morgan fingerprint density at radius 1 is 1.39 bits per heavy atom. The van der Waals surface area contributed by atoms with Crippen LogP contribution in [0, 0.1) is 0 Å². The number of hydrogen-bond acceptors (Lipinski definition) is 6. The number of aliphatic hydroxyl groups excluding tert-OH is 2. The molecular weight excluding hydrogens is 358 g/mol. The number of allylic oxidation sites excluding steroid dienone is 2. The monoisotopic (exact) mass is 389 g/mol. The zero-order valence-corrected chi connectivity index (χ0v) is 16.9. The van der Waals surface area contributed by atoms with Gasteiger partial charge in [0.1, 0.15) is 12.2 Å². The minimum absolute atomic E-state index is 0.242. The zero-order valence-electron chi connectivity index (χ0n) is 16.9. The van der Waals surface area contributed by atoms with Crippen LogP contribution in [0.5, 0.6) is 0 Å². The van der Waals surface area contributed by atoms with E-state index in [0.29, 0.717) is 19.3 Å². The minimum Gasteiger partial charge on any atom is -0.390 e. The number of ether oxygens (including phenoxy) is 3. The average Bonchev–Trinajstić information content (AvgIpc) is 3.34. The predicted octanol–water partition coefficient (Wildman–Crippen LogP) is 2.45. The van der Waals surface area contributed by atoms with Crippen molar-refractivity contribution in [2.24, 2.45) is 4.99 Å². The summed E-state index contributed by atoms with van der Waals surface area (Å²) >= 11 is 0. The SMILES string of the molecule is CC[C@H](O)[C@@H](/C=C(C)\C=C1/C=CC2=NCC[C@@H]3O[C@@]213)O[C@H]1CC[C@@H](O)[C@@H](C)O1. The van der Waals surface area contributed by atoms with E-state index in [1.54, 1.807) is 0 Å². The van der Waals surface area contributed by atoms with E-state index in [2.05, 4.69) is 23.2 Å². The molecule has 1 spiro atoms. The van der Waals surface area contributed by atoms with Crippen LogP contribution < -0.4 is 0 Å². The highest BCUT2D eigenvalue weighted by molar-refractivity contribution is 6.11. The summed E-state index contributed by atoms with van der Waals surface area (Å²) in [7, 11) is 0. The van der Waals surface area contributed by atoms with Crippen LogP contribution in [-0.4, -0.2) is 64.9 Å². The maximum atomic E-state index is 10.5. The standard InChI is InChI=1S/C22H31NO5/c1-4-16(24)18(27-21-8-6-17(25)14(3)26-21)12-13(2)11-15-5-7-19-22(15)20(28-22)9-10-23-19/h5,7,11-12,14,16-18,20-21,24-25H,4,6,8-10H2,1-3H3/b13-12-,15-11+/t14-,16+,17-,18-,20+,21+,22-/m1/s1. The van der Waals surface area contributed by atoms with Crippen molar-refractivity contribution in [3.63, 3.8) is 0 Å². The fraction of sp³-hybridized carbons (Fsp3) is 0.682. The lowest BCUT2D eigenvalue weighted by atomic mass is 9.91. The molecule has 6 heteroatoms. The summed E-state index contributed by atoms with van der Waals surface area (Å²) in [6.07, 6.45) is 9.04. The Kier molecular flexibility index (Phi) is 5.60. The summed E-state index contributed by atoms with van der Waals surface area (Å²) in [5.74, 6) is 0. The largest absolute Gasteiger partial charge is 0.390 e. The van der Waals surface area contributed by atoms with Crippen molar-refractivity contribution < 1.29 is 24.4 Å². The Hall–Kier alpha value is -1.31. The smallest absolute Gasteiger partial charge is 0.161 e. The van der Waals surface area contributed by atoms with Crippen LogP contribution in [0.15, 0.2) is 40.4 Å². The molecule has 6 nitrogen and oxygen atoms in total. The molecule has 0 aromatic carbocycles. The lowest BCUT2D eigenvalue weighted by Crippen LogP contribution is -2.41. The Morgan fingerprint density at radius 2 is 2.21 bits per heavy atom. The first kappa shape index (κ1) is 20.0. The molecule has 154 valence electrons. The molecule has 2 fully saturated rings.